The van der Waals surface area contributed by atoms with Crippen LogP contribution in [0.3, 0.4) is 0 Å². The van der Waals surface area contributed by atoms with Gasteiger partial charge in [-0.15, -0.1) is 0 Å². The van der Waals surface area contributed by atoms with E-state index in [1.54, 1.807) is 0 Å². The average molecular weight is 351 g/mol. The molecule has 0 aromatic carbocycles. The molecular formula is C15H29NO8. The Morgan fingerprint density at radius 1 is 0.875 bits per heavy atom. The quantitative estimate of drug-likeness (QED) is 0.207. The number of esters is 2. The lowest BCUT2D eigenvalue weighted by molar-refractivity contribution is -0.154. The lowest BCUT2D eigenvalue weighted by atomic mass is 10.2. The minimum absolute atomic E-state index is 0.157. The molecule has 0 aromatic rings. The number of hydrogen-bond acceptors (Lipinski definition) is 9. The highest BCUT2D eigenvalue weighted by molar-refractivity contribution is 5.69. The van der Waals surface area contributed by atoms with Gasteiger partial charge in [-0.3, -0.25) is 9.59 Å². The maximum absolute atomic E-state index is 11.5. The van der Waals surface area contributed by atoms with Gasteiger partial charge in [-0.1, -0.05) is 0 Å². The fraction of sp³-hybridized carbons (Fsp3) is 0.867. The van der Waals surface area contributed by atoms with Crippen molar-refractivity contribution in [3.63, 3.8) is 0 Å². The molecule has 0 heterocycles. The zero-order valence-electron chi connectivity index (χ0n) is 14.1. The molecule has 0 bridgehead atoms. The summed E-state index contributed by atoms with van der Waals surface area (Å²) in [7, 11) is 1.46. The Kier molecular flexibility index (Phi) is 14.5. The van der Waals surface area contributed by atoms with Gasteiger partial charge < -0.3 is 34.8 Å². The maximum atomic E-state index is 11.5. The molecule has 0 fully saturated rings. The van der Waals surface area contributed by atoms with Crippen molar-refractivity contribution < 1.29 is 39.1 Å². The summed E-state index contributed by atoms with van der Waals surface area (Å²) in [5.74, 6) is -0.864. The minimum atomic E-state index is -0.864. The molecule has 24 heavy (non-hydrogen) atoms. The van der Waals surface area contributed by atoms with Crippen LogP contribution in [0.4, 0.5) is 0 Å². The van der Waals surface area contributed by atoms with Gasteiger partial charge in [0, 0.05) is 20.0 Å². The van der Waals surface area contributed by atoms with E-state index in [-0.39, 0.29) is 26.1 Å². The lowest BCUT2D eigenvalue weighted by Gasteiger charge is -2.14. The number of carbonyl (C=O) groups excluding carboxylic acids is 2. The van der Waals surface area contributed by atoms with Gasteiger partial charge in [-0.05, 0) is 25.9 Å². The molecule has 0 rings (SSSR count). The Labute approximate surface area is 141 Å². The first-order valence-corrected chi connectivity index (χ1v) is 7.98. The monoisotopic (exact) mass is 351 g/mol. The van der Waals surface area contributed by atoms with E-state index in [1.807, 2.05) is 0 Å². The van der Waals surface area contributed by atoms with Crippen molar-refractivity contribution in [2.45, 2.75) is 37.9 Å². The summed E-state index contributed by atoms with van der Waals surface area (Å²) >= 11 is 0. The van der Waals surface area contributed by atoms with E-state index in [2.05, 4.69) is 5.32 Å². The SMILES string of the molecule is COCC(CO)OC(=O)CCCNCCCC(=O)OC(CO)CO. The molecule has 1 atom stereocenters. The topological polar surface area (TPSA) is 135 Å². The van der Waals surface area contributed by atoms with Crippen molar-refractivity contribution in [1.29, 1.82) is 0 Å². The second-order valence-corrected chi connectivity index (χ2v) is 5.18. The van der Waals surface area contributed by atoms with Crippen molar-refractivity contribution in [3.8, 4) is 0 Å². The molecule has 9 heteroatoms. The average Bonchev–Trinajstić information content (AvgIpc) is 2.58. The smallest absolute Gasteiger partial charge is 0.306 e. The number of ether oxygens (including phenoxy) is 3. The predicted molar refractivity (Wildman–Crippen MR) is 84.2 cm³/mol. The van der Waals surface area contributed by atoms with E-state index >= 15 is 0 Å². The van der Waals surface area contributed by atoms with Crippen LogP contribution in [0.5, 0.6) is 0 Å². The van der Waals surface area contributed by atoms with Gasteiger partial charge in [0.15, 0.2) is 0 Å². The molecule has 4 N–H and O–H groups in total. The molecular weight excluding hydrogens is 322 g/mol. The van der Waals surface area contributed by atoms with Gasteiger partial charge >= 0.3 is 11.9 Å². The normalized spacial score (nSPS) is 12.2. The lowest BCUT2D eigenvalue weighted by Crippen LogP contribution is -2.27. The number of methoxy groups -OCH3 is 1. The van der Waals surface area contributed by atoms with Crippen molar-refractivity contribution in [2.75, 3.05) is 46.6 Å². The highest BCUT2D eigenvalue weighted by atomic mass is 16.6. The summed E-state index contributed by atoms with van der Waals surface area (Å²) in [6.07, 6.45) is 0.0316. The van der Waals surface area contributed by atoms with Gasteiger partial charge in [-0.25, -0.2) is 0 Å². The third-order valence-electron chi connectivity index (χ3n) is 3.03. The zero-order valence-corrected chi connectivity index (χ0v) is 14.1. The molecule has 1 unspecified atom stereocenters. The van der Waals surface area contributed by atoms with Crippen LogP contribution in [-0.2, 0) is 23.8 Å². The van der Waals surface area contributed by atoms with Gasteiger partial charge in [0.2, 0.25) is 0 Å². The molecule has 0 radical (unpaired) electrons. The van der Waals surface area contributed by atoms with Crippen LogP contribution in [0.25, 0.3) is 0 Å². The number of rotatable bonds is 15. The number of carbonyl (C=O) groups is 2. The summed E-state index contributed by atoms with van der Waals surface area (Å²) in [5, 5.41) is 29.6. The Bertz CT molecular complexity index is 335. The number of nitrogens with one attached hydrogen (secondary N) is 1. The van der Waals surface area contributed by atoms with E-state index in [4.69, 9.17) is 29.5 Å². The van der Waals surface area contributed by atoms with Gasteiger partial charge in [-0.2, -0.15) is 0 Å². The standard InChI is InChI=1S/C15H29NO8/c1-22-11-13(10-19)24-15(21)5-3-7-16-6-2-4-14(20)23-12(8-17)9-18/h12-13,16-19H,2-11H2,1H3. The first-order valence-electron chi connectivity index (χ1n) is 7.98. The predicted octanol–water partition coefficient (Wildman–Crippen LogP) is -1.42. The van der Waals surface area contributed by atoms with Crippen molar-refractivity contribution >= 4 is 11.9 Å². The van der Waals surface area contributed by atoms with Crippen LogP contribution in [0, 0.1) is 0 Å². The molecule has 0 aliphatic rings. The van der Waals surface area contributed by atoms with Crippen molar-refractivity contribution in [3.05, 3.63) is 0 Å². The minimum Gasteiger partial charge on any atom is -0.457 e. The van der Waals surface area contributed by atoms with E-state index < -0.39 is 37.4 Å². The highest BCUT2D eigenvalue weighted by Gasteiger charge is 2.13. The third kappa shape index (κ3) is 12.2. The van der Waals surface area contributed by atoms with Crippen LogP contribution in [0.1, 0.15) is 25.7 Å². The van der Waals surface area contributed by atoms with Crippen molar-refractivity contribution in [1.82, 2.24) is 5.32 Å². The maximum Gasteiger partial charge on any atom is 0.306 e. The summed E-state index contributed by atoms with van der Waals surface area (Å²) in [4.78, 5) is 22.9. The zero-order chi connectivity index (χ0) is 18.2. The number of hydrogen-bond donors (Lipinski definition) is 4. The highest BCUT2D eigenvalue weighted by Crippen LogP contribution is 1.99. The largest absolute Gasteiger partial charge is 0.457 e. The van der Waals surface area contributed by atoms with Crippen LogP contribution in [0.15, 0.2) is 0 Å². The molecule has 0 aromatic heterocycles. The molecule has 0 amide bonds. The Balaban J connectivity index is 3.56. The second kappa shape index (κ2) is 15.3. The molecule has 0 aliphatic heterocycles. The number of aliphatic hydroxyl groups is 3. The molecule has 0 saturated heterocycles. The van der Waals surface area contributed by atoms with Gasteiger partial charge in [0.25, 0.3) is 0 Å². The van der Waals surface area contributed by atoms with E-state index in [9.17, 15) is 9.59 Å². The Morgan fingerprint density at radius 2 is 1.33 bits per heavy atom. The van der Waals surface area contributed by atoms with Crippen molar-refractivity contribution in [2.24, 2.45) is 0 Å². The molecule has 0 aliphatic carbocycles. The Hall–Kier alpha value is -1.26. The fourth-order valence-electron chi connectivity index (χ4n) is 1.77. The first-order chi connectivity index (χ1) is 11.6. The second-order valence-electron chi connectivity index (χ2n) is 5.18. The molecule has 0 spiro atoms. The fourth-order valence-corrected chi connectivity index (χ4v) is 1.77. The third-order valence-corrected chi connectivity index (χ3v) is 3.03. The number of aliphatic hydroxyl groups excluding tert-OH is 3. The van der Waals surface area contributed by atoms with E-state index in [0.717, 1.165) is 0 Å². The summed E-state index contributed by atoms with van der Waals surface area (Å²) < 4.78 is 14.6. The molecule has 9 nitrogen and oxygen atoms in total. The summed E-state index contributed by atoms with van der Waals surface area (Å²) in [5.41, 5.74) is 0. The van der Waals surface area contributed by atoms with E-state index in [0.29, 0.717) is 25.9 Å². The molecule has 0 saturated carbocycles. The van der Waals surface area contributed by atoms with Gasteiger partial charge in [0.05, 0.1) is 26.4 Å². The first kappa shape index (κ1) is 22.7. The van der Waals surface area contributed by atoms with E-state index in [1.165, 1.54) is 7.11 Å². The summed E-state index contributed by atoms with van der Waals surface area (Å²) in [6.45, 7) is 0.242. The van der Waals surface area contributed by atoms with Crippen LogP contribution < -0.4 is 5.32 Å². The van der Waals surface area contributed by atoms with Crippen LogP contribution in [0.2, 0.25) is 0 Å². The van der Waals surface area contributed by atoms with Crippen LogP contribution in [-0.4, -0.2) is 86.1 Å². The van der Waals surface area contributed by atoms with Crippen LogP contribution >= 0.6 is 0 Å². The van der Waals surface area contributed by atoms with Gasteiger partial charge in [0.1, 0.15) is 12.2 Å². The Morgan fingerprint density at radius 3 is 1.75 bits per heavy atom. The molecule has 142 valence electrons. The summed E-state index contributed by atoms with van der Waals surface area (Å²) in [6, 6.07) is 0.